The van der Waals surface area contributed by atoms with Gasteiger partial charge in [0.25, 0.3) is 0 Å². The first-order valence-corrected chi connectivity index (χ1v) is 8.56. The summed E-state index contributed by atoms with van der Waals surface area (Å²) in [6.07, 6.45) is 1.82. The van der Waals surface area contributed by atoms with Crippen LogP contribution in [0.15, 0.2) is 97.2 Å². The van der Waals surface area contributed by atoms with Gasteiger partial charge in [0.05, 0.1) is 11.3 Å². The van der Waals surface area contributed by atoms with Crippen LogP contribution in [0.1, 0.15) is 10.4 Å². The highest BCUT2D eigenvalue weighted by molar-refractivity contribution is 5.92. The zero-order valence-corrected chi connectivity index (χ0v) is 14.4. The fraction of sp³-hybridized carbons (Fsp3) is 0. The Hall–Kier alpha value is -3.79. The lowest BCUT2D eigenvalue weighted by Crippen LogP contribution is -2.09. The van der Waals surface area contributed by atoms with Crippen molar-refractivity contribution in [3.63, 3.8) is 0 Å². The highest BCUT2D eigenvalue weighted by Crippen LogP contribution is 2.38. The van der Waals surface area contributed by atoms with Crippen molar-refractivity contribution in [2.75, 3.05) is 0 Å². The van der Waals surface area contributed by atoms with Gasteiger partial charge in [0, 0.05) is 17.4 Å². The number of phenolic OH excluding ortho intramolecular Hbond substituents is 1. The van der Waals surface area contributed by atoms with Crippen LogP contribution in [0.25, 0.3) is 16.9 Å². The fourth-order valence-corrected chi connectivity index (χ4v) is 2.97. The summed E-state index contributed by atoms with van der Waals surface area (Å²) >= 11 is 0. The van der Waals surface area contributed by atoms with Crippen molar-refractivity contribution in [1.82, 2.24) is 4.57 Å². The van der Waals surface area contributed by atoms with Crippen molar-refractivity contribution in [3.8, 4) is 28.4 Å². The molecule has 4 rings (SSSR count). The number of hydrogen-bond acceptors (Lipinski definition) is 3. The van der Waals surface area contributed by atoms with Gasteiger partial charge in [-0.25, -0.2) is 4.79 Å². The Morgan fingerprint density at radius 3 is 2.11 bits per heavy atom. The molecule has 4 heteroatoms. The number of esters is 1. The largest absolute Gasteiger partial charge is 0.507 e. The minimum Gasteiger partial charge on any atom is -0.507 e. The molecule has 4 nitrogen and oxygen atoms in total. The van der Waals surface area contributed by atoms with Crippen LogP contribution < -0.4 is 4.74 Å². The maximum absolute atomic E-state index is 12.5. The molecule has 132 valence electrons. The second-order valence-corrected chi connectivity index (χ2v) is 6.01. The highest BCUT2D eigenvalue weighted by Gasteiger charge is 2.19. The van der Waals surface area contributed by atoms with Crippen molar-refractivity contribution in [2.24, 2.45) is 0 Å². The molecule has 0 radical (unpaired) electrons. The number of benzene rings is 3. The number of hydrogen-bond donors (Lipinski definition) is 1. The lowest BCUT2D eigenvalue weighted by Gasteiger charge is -2.13. The summed E-state index contributed by atoms with van der Waals surface area (Å²) in [4.78, 5) is 12.5. The Kier molecular flexibility index (Phi) is 4.45. The summed E-state index contributed by atoms with van der Waals surface area (Å²) in [5.41, 5.74) is 2.57. The molecule has 1 N–H and O–H groups in total. The topological polar surface area (TPSA) is 51.5 Å². The van der Waals surface area contributed by atoms with E-state index in [-0.39, 0.29) is 5.75 Å². The third kappa shape index (κ3) is 3.33. The van der Waals surface area contributed by atoms with Gasteiger partial charge in [0.1, 0.15) is 5.75 Å². The molecule has 0 aliphatic rings. The molecular weight excluding hydrogens is 338 g/mol. The van der Waals surface area contributed by atoms with E-state index in [2.05, 4.69) is 0 Å². The Bertz CT molecular complexity index is 1070. The molecule has 4 aromatic rings. The molecule has 1 heterocycles. The van der Waals surface area contributed by atoms with Crippen molar-refractivity contribution < 1.29 is 14.6 Å². The van der Waals surface area contributed by atoms with E-state index in [0.29, 0.717) is 22.6 Å². The van der Waals surface area contributed by atoms with Gasteiger partial charge in [-0.3, -0.25) is 0 Å². The maximum Gasteiger partial charge on any atom is 0.343 e. The Morgan fingerprint density at radius 1 is 0.778 bits per heavy atom. The number of aromatic hydroxyl groups is 1. The molecule has 3 aromatic carbocycles. The number of phenols is 1. The van der Waals surface area contributed by atoms with Crippen LogP contribution in [-0.2, 0) is 0 Å². The van der Waals surface area contributed by atoms with E-state index in [0.717, 1.165) is 5.69 Å². The number of carbonyl (C=O) groups is 1. The predicted octanol–water partition coefficient (Wildman–Crippen LogP) is 5.07. The quantitative estimate of drug-likeness (QED) is 0.520. The normalized spacial score (nSPS) is 10.5. The van der Waals surface area contributed by atoms with Crippen LogP contribution in [0, 0.1) is 0 Å². The number of para-hydroxylation sites is 2. The zero-order valence-electron chi connectivity index (χ0n) is 14.4. The van der Waals surface area contributed by atoms with Gasteiger partial charge < -0.3 is 14.4 Å². The molecular formula is C23H17NO3. The second-order valence-electron chi connectivity index (χ2n) is 6.01. The summed E-state index contributed by atoms with van der Waals surface area (Å²) < 4.78 is 7.56. The van der Waals surface area contributed by atoms with E-state index in [4.69, 9.17) is 4.74 Å². The molecule has 1 aromatic heterocycles. The van der Waals surface area contributed by atoms with E-state index >= 15 is 0 Å². The Morgan fingerprint density at radius 2 is 1.41 bits per heavy atom. The molecule has 0 amide bonds. The number of nitrogens with zero attached hydrogens (tertiary/aromatic N) is 1. The minimum absolute atomic E-state index is 0.116. The molecule has 0 fully saturated rings. The average Bonchev–Trinajstić information content (AvgIpc) is 3.13. The monoisotopic (exact) mass is 355 g/mol. The van der Waals surface area contributed by atoms with Gasteiger partial charge >= 0.3 is 5.97 Å². The average molecular weight is 355 g/mol. The zero-order chi connectivity index (χ0) is 18.6. The van der Waals surface area contributed by atoms with Crippen molar-refractivity contribution in [1.29, 1.82) is 0 Å². The number of rotatable bonds is 4. The number of ether oxygens (including phenoxy) is 1. The molecule has 0 bridgehead atoms. The van der Waals surface area contributed by atoms with Crippen LogP contribution in [-0.4, -0.2) is 15.6 Å². The summed E-state index contributed by atoms with van der Waals surface area (Å²) in [5, 5.41) is 10.4. The maximum atomic E-state index is 12.5. The van der Waals surface area contributed by atoms with Gasteiger partial charge in [0.15, 0.2) is 5.75 Å². The molecule has 0 atom stereocenters. The summed E-state index contributed by atoms with van der Waals surface area (Å²) in [6.45, 7) is 0. The highest BCUT2D eigenvalue weighted by atomic mass is 16.5. The van der Waals surface area contributed by atoms with Crippen LogP contribution in [0.5, 0.6) is 11.5 Å². The van der Waals surface area contributed by atoms with Crippen LogP contribution in [0.3, 0.4) is 0 Å². The van der Waals surface area contributed by atoms with Crippen LogP contribution >= 0.6 is 0 Å². The third-order valence-corrected chi connectivity index (χ3v) is 4.25. The van der Waals surface area contributed by atoms with Gasteiger partial charge in [-0.1, -0.05) is 48.5 Å². The Balaban J connectivity index is 1.82. The number of carbonyl (C=O) groups excluding carboxylic acids is 1. The van der Waals surface area contributed by atoms with E-state index in [1.165, 1.54) is 0 Å². The van der Waals surface area contributed by atoms with Crippen LogP contribution in [0.2, 0.25) is 0 Å². The van der Waals surface area contributed by atoms with Crippen molar-refractivity contribution in [3.05, 3.63) is 103 Å². The van der Waals surface area contributed by atoms with Crippen molar-refractivity contribution in [2.45, 2.75) is 0 Å². The number of aromatic nitrogens is 1. The fourth-order valence-electron chi connectivity index (χ4n) is 2.97. The predicted molar refractivity (Wildman–Crippen MR) is 104 cm³/mol. The lowest BCUT2D eigenvalue weighted by atomic mass is 10.1. The van der Waals surface area contributed by atoms with E-state index < -0.39 is 5.97 Å². The summed E-state index contributed by atoms with van der Waals surface area (Å²) in [7, 11) is 0. The SMILES string of the molecule is O=C(Oc1ccn(-c2ccccc2)c1-c1ccccc1O)c1ccccc1. The van der Waals surface area contributed by atoms with Gasteiger partial charge in [-0.15, -0.1) is 0 Å². The van der Waals surface area contributed by atoms with E-state index in [9.17, 15) is 9.90 Å². The van der Waals surface area contributed by atoms with Gasteiger partial charge in [0.2, 0.25) is 0 Å². The summed E-state index contributed by atoms with van der Waals surface area (Å²) in [6, 6.07) is 27.2. The van der Waals surface area contributed by atoms with Crippen molar-refractivity contribution >= 4 is 5.97 Å². The molecule has 0 unspecified atom stereocenters. The van der Waals surface area contributed by atoms with Crippen LogP contribution in [0.4, 0.5) is 0 Å². The third-order valence-electron chi connectivity index (χ3n) is 4.25. The van der Waals surface area contributed by atoms with E-state index in [1.54, 1.807) is 48.5 Å². The molecule has 0 spiro atoms. The smallest absolute Gasteiger partial charge is 0.343 e. The molecule has 0 aliphatic carbocycles. The Labute approximate surface area is 156 Å². The first kappa shape index (κ1) is 16.7. The van der Waals surface area contributed by atoms with Gasteiger partial charge in [-0.05, 0) is 42.5 Å². The molecule has 0 saturated carbocycles. The molecule has 0 aliphatic heterocycles. The first-order valence-electron chi connectivity index (χ1n) is 8.56. The van der Waals surface area contributed by atoms with Gasteiger partial charge in [-0.2, -0.15) is 0 Å². The molecule has 0 saturated heterocycles. The minimum atomic E-state index is -0.446. The lowest BCUT2D eigenvalue weighted by molar-refractivity contribution is 0.0735. The first-order chi connectivity index (χ1) is 13.2. The summed E-state index contributed by atoms with van der Waals surface area (Å²) in [5.74, 6) is 0.0534. The standard InChI is InChI=1S/C23H17NO3/c25-20-14-8-7-13-19(20)22-21(27-23(26)17-9-3-1-4-10-17)15-16-24(22)18-11-5-2-6-12-18/h1-16,25H. The molecule has 27 heavy (non-hydrogen) atoms. The van der Waals surface area contributed by atoms with E-state index in [1.807, 2.05) is 53.2 Å². The second kappa shape index (κ2) is 7.22.